The highest BCUT2D eigenvalue weighted by atomic mass is 35.5. The van der Waals surface area contributed by atoms with Crippen LogP contribution in [0.25, 0.3) is 0 Å². The van der Waals surface area contributed by atoms with Crippen molar-refractivity contribution in [1.29, 1.82) is 0 Å². The molecule has 0 aliphatic rings. The highest BCUT2D eigenvalue weighted by Crippen LogP contribution is 2.35. The summed E-state index contributed by atoms with van der Waals surface area (Å²) in [5, 5.41) is 9.01. The Morgan fingerprint density at radius 2 is 1.93 bits per heavy atom. The Hall–Kier alpha value is -2.88. The second-order valence-electron chi connectivity index (χ2n) is 6.01. The van der Waals surface area contributed by atoms with Crippen molar-refractivity contribution in [1.82, 2.24) is 19.6 Å². The number of aromatic nitrogens is 4. The standard InChI is InChI=1S/C17H14ClF4N5O/c1-9-7-12(24-27(9)8-10-5-3-4-6-11(10)19)23-16(28)14-13(18)15(17(20,21)22)25-26(14)2/h3-7H,8H2,1-2H3,(H,23,24,28). The van der Waals surface area contributed by atoms with Gasteiger partial charge in [0, 0.05) is 24.4 Å². The smallest absolute Gasteiger partial charge is 0.304 e. The van der Waals surface area contributed by atoms with Gasteiger partial charge in [-0.15, -0.1) is 0 Å². The third-order valence-electron chi connectivity index (χ3n) is 3.97. The number of alkyl halides is 3. The molecule has 28 heavy (non-hydrogen) atoms. The van der Waals surface area contributed by atoms with Crippen molar-refractivity contribution in [3.8, 4) is 0 Å². The number of nitrogens with one attached hydrogen (secondary N) is 1. The Morgan fingerprint density at radius 1 is 1.25 bits per heavy atom. The number of benzene rings is 1. The van der Waals surface area contributed by atoms with Crippen molar-refractivity contribution in [3.63, 3.8) is 0 Å². The van der Waals surface area contributed by atoms with Crippen LogP contribution < -0.4 is 5.32 Å². The number of carbonyl (C=O) groups excluding carboxylic acids is 1. The molecule has 3 rings (SSSR count). The van der Waals surface area contributed by atoms with E-state index in [1.54, 1.807) is 25.1 Å². The van der Waals surface area contributed by atoms with E-state index in [4.69, 9.17) is 11.6 Å². The molecular formula is C17H14ClF4N5O. The summed E-state index contributed by atoms with van der Waals surface area (Å²) in [6.45, 7) is 1.82. The zero-order valence-corrected chi connectivity index (χ0v) is 15.4. The van der Waals surface area contributed by atoms with Gasteiger partial charge in [0.05, 0.1) is 6.54 Å². The quantitative estimate of drug-likeness (QED) is 0.654. The van der Waals surface area contributed by atoms with Gasteiger partial charge in [0.1, 0.15) is 16.5 Å². The van der Waals surface area contributed by atoms with Crippen LogP contribution in [0.4, 0.5) is 23.4 Å². The Morgan fingerprint density at radius 3 is 2.54 bits per heavy atom. The predicted molar refractivity (Wildman–Crippen MR) is 93.6 cm³/mol. The number of aryl methyl sites for hydroxylation is 2. The zero-order valence-electron chi connectivity index (χ0n) is 14.7. The maximum Gasteiger partial charge on any atom is 0.436 e. The first-order chi connectivity index (χ1) is 13.1. The second kappa shape index (κ2) is 7.27. The number of amides is 1. The highest BCUT2D eigenvalue weighted by Gasteiger charge is 2.39. The van der Waals surface area contributed by atoms with Crippen molar-refractivity contribution < 1.29 is 22.4 Å². The van der Waals surface area contributed by atoms with Crippen molar-refractivity contribution in [2.24, 2.45) is 7.05 Å². The van der Waals surface area contributed by atoms with Crippen LogP contribution in [-0.4, -0.2) is 25.5 Å². The normalized spacial score (nSPS) is 11.7. The monoisotopic (exact) mass is 415 g/mol. The van der Waals surface area contributed by atoms with Gasteiger partial charge in [-0.05, 0) is 13.0 Å². The topological polar surface area (TPSA) is 64.7 Å². The summed E-state index contributed by atoms with van der Waals surface area (Å²) >= 11 is 5.71. The number of nitrogens with zero attached hydrogens (tertiary/aromatic N) is 4. The molecule has 0 aliphatic heterocycles. The molecule has 2 aromatic heterocycles. The molecule has 0 bridgehead atoms. The van der Waals surface area contributed by atoms with Crippen LogP contribution in [0.15, 0.2) is 30.3 Å². The van der Waals surface area contributed by atoms with E-state index in [1.807, 2.05) is 0 Å². The average molecular weight is 416 g/mol. The van der Waals surface area contributed by atoms with Gasteiger partial charge in [0.2, 0.25) is 0 Å². The lowest BCUT2D eigenvalue weighted by Crippen LogP contribution is -2.17. The molecule has 11 heteroatoms. The first kappa shape index (κ1) is 19.9. The Labute approximate surface area is 161 Å². The van der Waals surface area contributed by atoms with Gasteiger partial charge in [-0.3, -0.25) is 14.2 Å². The molecular weight excluding hydrogens is 402 g/mol. The number of carbonyl (C=O) groups is 1. The van der Waals surface area contributed by atoms with Crippen molar-refractivity contribution in [3.05, 3.63) is 63.8 Å². The van der Waals surface area contributed by atoms with Gasteiger partial charge in [-0.1, -0.05) is 29.8 Å². The zero-order chi connectivity index (χ0) is 20.6. The number of rotatable bonds is 4. The first-order valence-corrected chi connectivity index (χ1v) is 8.34. The number of halogens is 5. The first-order valence-electron chi connectivity index (χ1n) is 7.97. The second-order valence-corrected chi connectivity index (χ2v) is 6.38. The summed E-state index contributed by atoms with van der Waals surface area (Å²) in [7, 11) is 1.18. The minimum absolute atomic E-state index is 0.0877. The lowest BCUT2D eigenvalue weighted by Gasteiger charge is -2.06. The fourth-order valence-corrected chi connectivity index (χ4v) is 2.97. The maximum absolute atomic E-state index is 13.8. The van der Waals surface area contributed by atoms with Crippen molar-refractivity contribution in [2.45, 2.75) is 19.6 Å². The van der Waals surface area contributed by atoms with E-state index in [1.165, 1.54) is 23.9 Å². The van der Waals surface area contributed by atoms with E-state index in [2.05, 4.69) is 15.5 Å². The van der Waals surface area contributed by atoms with Gasteiger partial charge < -0.3 is 5.32 Å². The Kier molecular flexibility index (Phi) is 5.16. The molecule has 1 aromatic carbocycles. The molecule has 0 saturated heterocycles. The lowest BCUT2D eigenvalue weighted by molar-refractivity contribution is -0.141. The molecule has 0 spiro atoms. The van der Waals surface area contributed by atoms with Crippen LogP contribution in [0.3, 0.4) is 0 Å². The third kappa shape index (κ3) is 3.86. The molecule has 0 radical (unpaired) electrons. The van der Waals surface area contributed by atoms with Gasteiger partial charge in [0.25, 0.3) is 5.91 Å². The van der Waals surface area contributed by atoms with Gasteiger partial charge >= 0.3 is 6.18 Å². The van der Waals surface area contributed by atoms with Crippen LogP contribution in [0.1, 0.15) is 27.4 Å². The SMILES string of the molecule is Cc1cc(NC(=O)c2c(Cl)c(C(F)(F)F)nn2C)nn1Cc1ccccc1F. The van der Waals surface area contributed by atoms with E-state index in [0.29, 0.717) is 11.3 Å². The van der Waals surface area contributed by atoms with Gasteiger partial charge in [-0.25, -0.2) is 4.39 Å². The lowest BCUT2D eigenvalue weighted by atomic mass is 10.2. The molecule has 3 aromatic rings. The van der Waals surface area contributed by atoms with Gasteiger partial charge in [-0.2, -0.15) is 23.4 Å². The predicted octanol–water partition coefficient (Wildman–Crippen LogP) is 4.04. The fraction of sp³-hybridized carbons (Fsp3) is 0.235. The molecule has 0 saturated carbocycles. The Bertz CT molecular complexity index is 1040. The molecule has 1 amide bonds. The minimum Gasteiger partial charge on any atom is -0.304 e. The molecule has 148 valence electrons. The summed E-state index contributed by atoms with van der Waals surface area (Å²) in [5.41, 5.74) is -0.778. The number of hydrogen-bond donors (Lipinski definition) is 1. The molecule has 0 aliphatic carbocycles. The van der Waals surface area contributed by atoms with Gasteiger partial charge in [0.15, 0.2) is 11.5 Å². The third-order valence-corrected chi connectivity index (χ3v) is 4.33. The average Bonchev–Trinajstić information content (AvgIpc) is 3.08. The summed E-state index contributed by atoms with van der Waals surface area (Å²) < 4.78 is 54.7. The van der Waals surface area contributed by atoms with Crippen LogP contribution >= 0.6 is 11.6 Å². The highest BCUT2D eigenvalue weighted by molar-refractivity contribution is 6.34. The molecule has 1 N–H and O–H groups in total. The van der Waals surface area contributed by atoms with Crippen LogP contribution in [-0.2, 0) is 19.8 Å². The van der Waals surface area contributed by atoms with Crippen LogP contribution in [0, 0.1) is 12.7 Å². The number of hydrogen-bond acceptors (Lipinski definition) is 3. The maximum atomic E-state index is 13.8. The van der Waals surface area contributed by atoms with E-state index >= 15 is 0 Å². The Balaban J connectivity index is 1.83. The summed E-state index contributed by atoms with van der Waals surface area (Å²) in [4.78, 5) is 12.4. The van der Waals surface area contributed by atoms with E-state index in [9.17, 15) is 22.4 Å². The van der Waals surface area contributed by atoms with Crippen molar-refractivity contribution in [2.75, 3.05) is 5.32 Å². The summed E-state index contributed by atoms with van der Waals surface area (Å²) in [6, 6.07) is 7.67. The molecule has 6 nitrogen and oxygen atoms in total. The molecule has 0 fully saturated rings. The van der Waals surface area contributed by atoms with Crippen LogP contribution in [0.5, 0.6) is 0 Å². The van der Waals surface area contributed by atoms with Crippen LogP contribution in [0.2, 0.25) is 5.02 Å². The number of anilines is 1. The van der Waals surface area contributed by atoms with E-state index in [0.717, 1.165) is 4.68 Å². The fourth-order valence-electron chi connectivity index (χ4n) is 2.62. The van der Waals surface area contributed by atoms with Crippen molar-refractivity contribution >= 4 is 23.3 Å². The molecule has 2 heterocycles. The summed E-state index contributed by atoms with van der Waals surface area (Å²) in [6.07, 6.45) is -4.79. The minimum atomic E-state index is -4.79. The summed E-state index contributed by atoms with van der Waals surface area (Å²) in [5.74, 6) is -1.21. The molecule has 0 atom stereocenters. The molecule has 0 unspecified atom stereocenters. The largest absolute Gasteiger partial charge is 0.436 e. The van der Waals surface area contributed by atoms with E-state index < -0.39 is 34.3 Å². The van der Waals surface area contributed by atoms with E-state index in [-0.39, 0.29) is 12.4 Å².